The maximum Gasteiger partial charge on any atom is 0.200 e. The van der Waals surface area contributed by atoms with Crippen molar-refractivity contribution in [2.24, 2.45) is 0 Å². The van der Waals surface area contributed by atoms with Gasteiger partial charge in [0.25, 0.3) is 0 Å². The minimum atomic E-state index is -0.309. The third-order valence-corrected chi connectivity index (χ3v) is 2.96. The number of rotatable bonds is 0. The molecule has 1 aromatic heterocycles. The molecular weight excluding hydrogens is 229 g/mol. The van der Waals surface area contributed by atoms with E-state index in [1.54, 1.807) is 6.07 Å². The zero-order valence-corrected chi connectivity index (χ0v) is 11.9. The Morgan fingerprint density at radius 1 is 1.00 bits per heavy atom. The SMILES string of the molecule is CC(C)(C)c1cc(F)c2nc(C(C)(C)C)oc2c1. The molecular formula is C15H20FNO. The van der Waals surface area contributed by atoms with Crippen molar-refractivity contribution in [1.82, 2.24) is 4.98 Å². The summed E-state index contributed by atoms with van der Waals surface area (Å²) >= 11 is 0. The highest BCUT2D eigenvalue weighted by molar-refractivity contribution is 5.74. The van der Waals surface area contributed by atoms with Gasteiger partial charge in [-0.1, -0.05) is 41.5 Å². The lowest BCUT2D eigenvalue weighted by Crippen LogP contribution is -2.11. The normalized spacial score (nSPS) is 13.3. The van der Waals surface area contributed by atoms with Gasteiger partial charge < -0.3 is 4.42 Å². The van der Waals surface area contributed by atoms with E-state index in [-0.39, 0.29) is 16.6 Å². The third-order valence-electron chi connectivity index (χ3n) is 2.96. The Morgan fingerprint density at radius 2 is 1.61 bits per heavy atom. The molecule has 18 heavy (non-hydrogen) atoms. The molecule has 0 fully saturated rings. The van der Waals surface area contributed by atoms with E-state index >= 15 is 0 Å². The van der Waals surface area contributed by atoms with Crippen molar-refractivity contribution in [1.29, 1.82) is 0 Å². The van der Waals surface area contributed by atoms with Crippen molar-refractivity contribution in [3.8, 4) is 0 Å². The van der Waals surface area contributed by atoms with Crippen molar-refractivity contribution < 1.29 is 8.81 Å². The number of hydrogen-bond donors (Lipinski definition) is 0. The fraction of sp³-hybridized carbons (Fsp3) is 0.533. The lowest BCUT2D eigenvalue weighted by Gasteiger charge is -2.18. The van der Waals surface area contributed by atoms with E-state index in [4.69, 9.17) is 4.42 Å². The van der Waals surface area contributed by atoms with Crippen LogP contribution in [0.2, 0.25) is 0 Å². The number of hydrogen-bond acceptors (Lipinski definition) is 2. The monoisotopic (exact) mass is 249 g/mol. The van der Waals surface area contributed by atoms with Gasteiger partial charge in [0.1, 0.15) is 5.52 Å². The lowest BCUT2D eigenvalue weighted by atomic mass is 9.87. The van der Waals surface area contributed by atoms with Gasteiger partial charge in [-0.25, -0.2) is 9.37 Å². The van der Waals surface area contributed by atoms with Crippen LogP contribution in [0, 0.1) is 5.82 Å². The van der Waals surface area contributed by atoms with Gasteiger partial charge in [-0.05, 0) is 23.1 Å². The summed E-state index contributed by atoms with van der Waals surface area (Å²) in [6.45, 7) is 12.2. The minimum Gasteiger partial charge on any atom is -0.440 e. The van der Waals surface area contributed by atoms with E-state index in [0.29, 0.717) is 17.0 Å². The van der Waals surface area contributed by atoms with Crippen LogP contribution in [0.4, 0.5) is 4.39 Å². The van der Waals surface area contributed by atoms with Crippen LogP contribution in [-0.4, -0.2) is 4.98 Å². The van der Waals surface area contributed by atoms with Gasteiger partial charge in [-0.15, -0.1) is 0 Å². The van der Waals surface area contributed by atoms with Gasteiger partial charge in [-0.3, -0.25) is 0 Å². The molecule has 0 saturated carbocycles. The number of nitrogens with zero attached hydrogens (tertiary/aromatic N) is 1. The zero-order valence-electron chi connectivity index (χ0n) is 11.9. The summed E-state index contributed by atoms with van der Waals surface area (Å²) in [6.07, 6.45) is 0. The quantitative estimate of drug-likeness (QED) is 0.684. The molecule has 98 valence electrons. The van der Waals surface area contributed by atoms with E-state index in [1.807, 2.05) is 26.8 Å². The van der Waals surface area contributed by atoms with Gasteiger partial charge in [0.2, 0.25) is 5.89 Å². The van der Waals surface area contributed by atoms with E-state index in [2.05, 4.69) is 25.8 Å². The predicted octanol–water partition coefficient (Wildman–Crippen LogP) is 4.56. The Labute approximate surface area is 107 Å². The fourth-order valence-electron chi connectivity index (χ4n) is 1.74. The van der Waals surface area contributed by atoms with Gasteiger partial charge in [-0.2, -0.15) is 0 Å². The molecule has 0 unspecified atom stereocenters. The van der Waals surface area contributed by atoms with Gasteiger partial charge in [0.05, 0.1) is 0 Å². The first-order valence-electron chi connectivity index (χ1n) is 6.20. The molecule has 1 heterocycles. The van der Waals surface area contributed by atoms with Crippen LogP contribution in [0.1, 0.15) is 53.0 Å². The summed E-state index contributed by atoms with van der Waals surface area (Å²) < 4.78 is 19.8. The fourth-order valence-corrected chi connectivity index (χ4v) is 1.74. The molecule has 0 N–H and O–H groups in total. The maximum atomic E-state index is 14.1. The van der Waals surface area contributed by atoms with Crippen LogP contribution < -0.4 is 0 Å². The highest BCUT2D eigenvalue weighted by atomic mass is 19.1. The molecule has 0 atom stereocenters. The summed E-state index contributed by atoms with van der Waals surface area (Å²) in [5.74, 6) is 0.263. The van der Waals surface area contributed by atoms with Crippen molar-refractivity contribution in [2.45, 2.75) is 52.4 Å². The third kappa shape index (κ3) is 2.26. The molecule has 0 aliphatic carbocycles. The molecule has 2 rings (SSSR count). The van der Waals surface area contributed by atoms with Crippen molar-refractivity contribution in [2.75, 3.05) is 0 Å². The number of oxazole rings is 1. The largest absolute Gasteiger partial charge is 0.440 e. The molecule has 2 aromatic rings. The van der Waals surface area contributed by atoms with E-state index in [1.165, 1.54) is 0 Å². The van der Waals surface area contributed by atoms with Crippen LogP contribution in [0.15, 0.2) is 16.5 Å². The Hall–Kier alpha value is -1.38. The molecule has 0 aliphatic rings. The van der Waals surface area contributed by atoms with Crippen LogP contribution in [-0.2, 0) is 10.8 Å². The molecule has 3 heteroatoms. The topological polar surface area (TPSA) is 26.0 Å². The van der Waals surface area contributed by atoms with Crippen LogP contribution in [0.5, 0.6) is 0 Å². The Kier molecular flexibility index (Phi) is 2.76. The minimum absolute atomic E-state index is 0.107. The number of halogens is 1. The summed E-state index contributed by atoms with van der Waals surface area (Å²) in [6, 6.07) is 3.44. The number of fused-ring (bicyclic) bond motifs is 1. The lowest BCUT2D eigenvalue weighted by molar-refractivity contribution is 0.410. The summed E-state index contributed by atoms with van der Waals surface area (Å²) in [7, 11) is 0. The van der Waals surface area contributed by atoms with Gasteiger partial charge in [0.15, 0.2) is 11.4 Å². The molecule has 0 spiro atoms. The second-order valence-electron chi connectivity index (χ2n) is 6.82. The van der Waals surface area contributed by atoms with Gasteiger partial charge in [0, 0.05) is 5.41 Å². The highest BCUT2D eigenvalue weighted by Gasteiger charge is 2.24. The smallest absolute Gasteiger partial charge is 0.200 e. The molecule has 0 amide bonds. The van der Waals surface area contributed by atoms with E-state index in [0.717, 1.165) is 5.56 Å². The molecule has 0 radical (unpaired) electrons. The van der Waals surface area contributed by atoms with Crippen molar-refractivity contribution in [3.05, 3.63) is 29.4 Å². The van der Waals surface area contributed by atoms with Crippen LogP contribution >= 0.6 is 0 Å². The van der Waals surface area contributed by atoms with E-state index < -0.39 is 0 Å². The average Bonchev–Trinajstić information content (AvgIpc) is 2.59. The Balaban J connectivity index is 2.67. The Morgan fingerprint density at radius 3 is 2.11 bits per heavy atom. The van der Waals surface area contributed by atoms with Crippen molar-refractivity contribution in [3.63, 3.8) is 0 Å². The number of benzene rings is 1. The van der Waals surface area contributed by atoms with Crippen LogP contribution in [0.25, 0.3) is 11.1 Å². The predicted molar refractivity (Wildman–Crippen MR) is 71.4 cm³/mol. The molecule has 1 aromatic carbocycles. The summed E-state index contributed by atoms with van der Waals surface area (Å²) in [5, 5.41) is 0. The number of aromatic nitrogens is 1. The zero-order chi connectivity index (χ0) is 13.7. The second-order valence-corrected chi connectivity index (χ2v) is 6.82. The van der Waals surface area contributed by atoms with Gasteiger partial charge >= 0.3 is 0 Å². The summed E-state index contributed by atoms with van der Waals surface area (Å²) in [4.78, 5) is 4.27. The first kappa shape index (κ1) is 13.1. The first-order valence-corrected chi connectivity index (χ1v) is 6.20. The van der Waals surface area contributed by atoms with Crippen molar-refractivity contribution >= 4 is 11.1 Å². The van der Waals surface area contributed by atoms with Crippen LogP contribution in [0.3, 0.4) is 0 Å². The average molecular weight is 249 g/mol. The van der Waals surface area contributed by atoms with E-state index in [9.17, 15) is 4.39 Å². The molecule has 0 saturated heterocycles. The molecule has 0 bridgehead atoms. The highest BCUT2D eigenvalue weighted by Crippen LogP contribution is 2.31. The maximum absolute atomic E-state index is 14.1. The standard InChI is InChI=1S/C15H20FNO/c1-14(2,3)9-7-10(16)12-11(8-9)18-13(17-12)15(4,5)6/h7-8H,1-6H3. The Bertz CT molecular complexity index is 585. The first-order chi connectivity index (χ1) is 8.09. The molecule has 2 nitrogen and oxygen atoms in total. The summed E-state index contributed by atoms with van der Waals surface area (Å²) in [5.41, 5.74) is 1.46. The molecule has 0 aliphatic heterocycles. The second kappa shape index (κ2) is 3.81.